The van der Waals surface area contributed by atoms with Crippen LogP contribution in [0.4, 0.5) is 14.6 Å². The third-order valence-electron chi connectivity index (χ3n) is 2.49. The molecule has 0 aliphatic rings. The average Bonchev–Trinajstić information content (AvgIpc) is 2.85. The van der Waals surface area contributed by atoms with Gasteiger partial charge in [0.2, 0.25) is 0 Å². The van der Waals surface area contributed by atoms with E-state index in [1.165, 1.54) is 26.2 Å². The SMILES string of the molecule is CC(C)(Oc1ccc(F)cc1F)C(=O)Nc1ccon1. The van der Waals surface area contributed by atoms with Gasteiger partial charge in [0.15, 0.2) is 23.0 Å². The van der Waals surface area contributed by atoms with Crippen LogP contribution in [0, 0.1) is 11.6 Å². The van der Waals surface area contributed by atoms with E-state index in [0.717, 1.165) is 12.1 Å². The first-order chi connectivity index (χ1) is 9.38. The van der Waals surface area contributed by atoms with Gasteiger partial charge in [0, 0.05) is 12.1 Å². The zero-order valence-corrected chi connectivity index (χ0v) is 10.8. The van der Waals surface area contributed by atoms with Gasteiger partial charge in [0.1, 0.15) is 12.1 Å². The molecule has 0 atom stereocenters. The number of nitrogens with one attached hydrogen (secondary N) is 1. The first-order valence-electron chi connectivity index (χ1n) is 5.74. The maximum Gasteiger partial charge on any atom is 0.269 e. The van der Waals surface area contributed by atoms with E-state index in [9.17, 15) is 13.6 Å². The molecule has 7 heteroatoms. The number of amides is 1. The highest BCUT2D eigenvalue weighted by Crippen LogP contribution is 2.23. The number of benzene rings is 1. The maximum absolute atomic E-state index is 13.5. The molecule has 0 saturated carbocycles. The number of aromatic nitrogens is 1. The lowest BCUT2D eigenvalue weighted by molar-refractivity contribution is -0.128. The Labute approximate surface area is 113 Å². The van der Waals surface area contributed by atoms with Gasteiger partial charge in [-0.1, -0.05) is 5.16 Å². The van der Waals surface area contributed by atoms with Crippen LogP contribution in [-0.2, 0) is 4.79 Å². The van der Waals surface area contributed by atoms with E-state index in [-0.39, 0.29) is 11.6 Å². The van der Waals surface area contributed by atoms with Crippen LogP contribution in [-0.4, -0.2) is 16.7 Å². The highest BCUT2D eigenvalue weighted by Gasteiger charge is 2.31. The molecule has 20 heavy (non-hydrogen) atoms. The number of anilines is 1. The predicted molar refractivity (Wildman–Crippen MR) is 66.2 cm³/mol. The van der Waals surface area contributed by atoms with Crippen LogP contribution in [0.1, 0.15) is 13.8 Å². The number of hydrogen-bond acceptors (Lipinski definition) is 4. The molecule has 0 aliphatic carbocycles. The van der Waals surface area contributed by atoms with E-state index in [1.807, 2.05) is 0 Å². The van der Waals surface area contributed by atoms with Crippen LogP contribution < -0.4 is 10.1 Å². The van der Waals surface area contributed by atoms with Gasteiger partial charge in [0.05, 0.1) is 0 Å². The molecule has 0 unspecified atom stereocenters. The molecule has 2 aromatic rings. The van der Waals surface area contributed by atoms with Gasteiger partial charge < -0.3 is 14.6 Å². The smallest absolute Gasteiger partial charge is 0.269 e. The number of hydrogen-bond donors (Lipinski definition) is 1. The maximum atomic E-state index is 13.5. The summed E-state index contributed by atoms with van der Waals surface area (Å²) in [6.07, 6.45) is 1.29. The lowest BCUT2D eigenvalue weighted by Crippen LogP contribution is -2.42. The highest BCUT2D eigenvalue weighted by atomic mass is 19.1. The van der Waals surface area contributed by atoms with E-state index in [2.05, 4.69) is 15.0 Å². The molecule has 0 spiro atoms. The summed E-state index contributed by atoms with van der Waals surface area (Å²) in [6, 6.07) is 4.30. The first-order valence-corrected chi connectivity index (χ1v) is 5.74. The number of halogens is 2. The minimum atomic E-state index is -1.38. The molecule has 1 heterocycles. The number of ether oxygens (including phenoxy) is 1. The molecule has 1 aromatic carbocycles. The summed E-state index contributed by atoms with van der Waals surface area (Å²) in [5, 5.41) is 5.97. The Kier molecular flexibility index (Phi) is 3.69. The van der Waals surface area contributed by atoms with Gasteiger partial charge in [0.25, 0.3) is 5.91 Å². The summed E-state index contributed by atoms with van der Waals surface area (Å²) in [7, 11) is 0. The second kappa shape index (κ2) is 5.28. The average molecular weight is 282 g/mol. The van der Waals surface area contributed by atoms with Crippen LogP contribution in [0.2, 0.25) is 0 Å². The van der Waals surface area contributed by atoms with E-state index in [4.69, 9.17) is 4.74 Å². The minimum absolute atomic E-state index is 0.214. The van der Waals surface area contributed by atoms with Crippen LogP contribution in [0.3, 0.4) is 0 Å². The van der Waals surface area contributed by atoms with Crippen molar-refractivity contribution in [3.8, 4) is 5.75 Å². The standard InChI is InChI=1S/C13H12F2N2O3/c1-13(2,12(18)16-11-5-6-19-17-11)20-10-4-3-8(14)7-9(10)15/h3-7H,1-2H3,(H,16,17,18). The van der Waals surface area contributed by atoms with Crippen LogP contribution in [0.25, 0.3) is 0 Å². The molecule has 1 amide bonds. The van der Waals surface area contributed by atoms with Crippen molar-refractivity contribution in [3.05, 3.63) is 42.2 Å². The fourth-order valence-corrected chi connectivity index (χ4v) is 1.42. The summed E-state index contributed by atoms with van der Waals surface area (Å²) in [5.41, 5.74) is -1.38. The van der Waals surface area contributed by atoms with E-state index in [1.54, 1.807) is 0 Å². The van der Waals surface area contributed by atoms with E-state index in [0.29, 0.717) is 6.07 Å². The van der Waals surface area contributed by atoms with Crippen molar-refractivity contribution in [3.63, 3.8) is 0 Å². The van der Waals surface area contributed by atoms with Crippen molar-refractivity contribution in [2.45, 2.75) is 19.4 Å². The Bertz CT molecular complexity index is 612. The Morgan fingerprint density at radius 3 is 2.70 bits per heavy atom. The molecule has 0 bridgehead atoms. The normalized spacial score (nSPS) is 11.2. The van der Waals surface area contributed by atoms with E-state index >= 15 is 0 Å². The summed E-state index contributed by atoms with van der Waals surface area (Å²) in [5.74, 6) is -2.15. The quantitative estimate of drug-likeness (QED) is 0.936. The van der Waals surface area contributed by atoms with Gasteiger partial charge in [-0.2, -0.15) is 0 Å². The number of nitrogens with zero attached hydrogens (tertiary/aromatic N) is 1. The minimum Gasteiger partial charge on any atom is -0.475 e. The third kappa shape index (κ3) is 3.11. The van der Waals surface area contributed by atoms with Crippen LogP contribution in [0.15, 0.2) is 35.1 Å². The van der Waals surface area contributed by atoms with Crippen molar-refractivity contribution < 1.29 is 22.8 Å². The fourth-order valence-electron chi connectivity index (χ4n) is 1.42. The molecular formula is C13H12F2N2O3. The predicted octanol–water partition coefficient (Wildman–Crippen LogP) is 2.75. The summed E-state index contributed by atoms with van der Waals surface area (Å²) in [4.78, 5) is 12.0. The topological polar surface area (TPSA) is 64.4 Å². The van der Waals surface area contributed by atoms with Gasteiger partial charge in [-0.05, 0) is 26.0 Å². The highest BCUT2D eigenvalue weighted by molar-refractivity contribution is 5.96. The fraction of sp³-hybridized carbons (Fsp3) is 0.231. The van der Waals surface area contributed by atoms with Crippen molar-refractivity contribution in [1.82, 2.24) is 5.16 Å². The lowest BCUT2D eigenvalue weighted by Gasteiger charge is -2.24. The monoisotopic (exact) mass is 282 g/mol. The number of rotatable bonds is 4. The molecule has 106 valence electrons. The Morgan fingerprint density at radius 2 is 2.10 bits per heavy atom. The molecule has 5 nitrogen and oxygen atoms in total. The Morgan fingerprint density at radius 1 is 1.35 bits per heavy atom. The Balaban J connectivity index is 2.11. The third-order valence-corrected chi connectivity index (χ3v) is 2.49. The number of carbonyl (C=O) groups excluding carboxylic acids is 1. The second-order valence-electron chi connectivity index (χ2n) is 4.53. The van der Waals surface area contributed by atoms with Crippen molar-refractivity contribution in [2.24, 2.45) is 0 Å². The number of carbonyl (C=O) groups is 1. The lowest BCUT2D eigenvalue weighted by atomic mass is 10.1. The summed E-state index contributed by atoms with van der Waals surface area (Å²) < 4.78 is 36.2. The first kappa shape index (κ1) is 14.0. The van der Waals surface area contributed by atoms with Crippen molar-refractivity contribution in [2.75, 3.05) is 5.32 Å². The second-order valence-corrected chi connectivity index (χ2v) is 4.53. The molecule has 0 saturated heterocycles. The van der Waals surface area contributed by atoms with Gasteiger partial charge in [-0.3, -0.25) is 4.79 Å². The Hall–Kier alpha value is -2.44. The van der Waals surface area contributed by atoms with Gasteiger partial charge in [-0.15, -0.1) is 0 Å². The largest absolute Gasteiger partial charge is 0.475 e. The van der Waals surface area contributed by atoms with Crippen LogP contribution in [0.5, 0.6) is 5.75 Å². The summed E-state index contributed by atoms with van der Waals surface area (Å²) >= 11 is 0. The molecule has 1 aromatic heterocycles. The van der Waals surface area contributed by atoms with Gasteiger partial charge >= 0.3 is 0 Å². The summed E-state index contributed by atoms with van der Waals surface area (Å²) in [6.45, 7) is 2.90. The molecule has 0 aliphatic heterocycles. The van der Waals surface area contributed by atoms with Gasteiger partial charge in [-0.25, -0.2) is 8.78 Å². The molecule has 1 N–H and O–H groups in total. The molecule has 2 rings (SSSR count). The zero-order valence-electron chi connectivity index (χ0n) is 10.8. The molecule has 0 radical (unpaired) electrons. The molecule has 0 fully saturated rings. The van der Waals surface area contributed by atoms with E-state index < -0.39 is 23.1 Å². The van der Waals surface area contributed by atoms with Crippen LogP contribution >= 0.6 is 0 Å². The van der Waals surface area contributed by atoms with Crippen molar-refractivity contribution in [1.29, 1.82) is 0 Å². The van der Waals surface area contributed by atoms with Crippen molar-refractivity contribution >= 4 is 11.7 Å². The zero-order chi connectivity index (χ0) is 14.8. The molecular weight excluding hydrogens is 270 g/mol.